The van der Waals surface area contributed by atoms with Gasteiger partial charge in [-0.1, -0.05) is 35.0 Å². The number of likely N-dealkylation sites (tertiary alicyclic amines) is 1. The number of piperidine rings is 1. The zero-order valence-corrected chi connectivity index (χ0v) is 12.2. The summed E-state index contributed by atoms with van der Waals surface area (Å²) in [7, 11) is 0. The molecule has 3 unspecified atom stereocenters. The Morgan fingerprint density at radius 2 is 2.00 bits per heavy atom. The maximum Gasteiger partial charge on any atom is 0.0320 e. The summed E-state index contributed by atoms with van der Waals surface area (Å²) in [5.74, 6) is 0.599. The molecule has 3 atom stereocenters. The smallest absolute Gasteiger partial charge is 0.0320 e. The molecule has 0 saturated carbocycles. The highest BCUT2D eigenvalue weighted by atomic mass is 79.9. The number of benzene rings is 1. The van der Waals surface area contributed by atoms with Crippen molar-refractivity contribution in [1.29, 1.82) is 0 Å². The van der Waals surface area contributed by atoms with E-state index in [0.717, 1.165) is 24.0 Å². The lowest BCUT2D eigenvalue weighted by molar-refractivity contribution is 0.124. The lowest BCUT2D eigenvalue weighted by Gasteiger charge is -2.38. The first kappa shape index (κ1) is 13.1. The van der Waals surface area contributed by atoms with Crippen LogP contribution in [0.2, 0.25) is 0 Å². The second-order valence-electron chi connectivity index (χ2n) is 5.15. The van der Waals surface area contributed by atoms with E-state index in [2.05, 4.69) is 58.9 Å². The van der Waals surface area contributed by atoms with Crippen LogP contribution >= 0.6 is 15.9 Å². The monoisotopic (exact) mass is 296 g/mol. The molecule has 2 N–H and O–H groups in total. The van der Waals surface area contributed by atoms with Gasteiger partial charge in [-0.15, -0.1) is 0 Å². The molecular weight excluding hydrogens is 276 g/mol. The van der Waals surface area contributed by atoms with Crippen LogP contribution in [0.25, 0.3) is 0 Å². The minimum absolute atomic E-state index is 0.378. The standard InChI is InChI=1S/C14H21BrN2/c1-10-9-17(8-7-14(10)16)11(2)12-3-5-13(15)6-4-12/h3-6,10-11,14H,7-9,16H2,1-2H3. The Labute approximate surface area is 112 Å². The third-order valence-electron chi connectivity index (χ3n) is 3.90. The molecule has 94 valence electrons. The van der Waals surface area contributed by atoms with Gasteiger partial charge in [0.2, 0.25) is 0 Å². The summed E-state index contributed by atoms with van der Waals surface area (Å²) in [6.07, 6.45) is 1.11. The van der Waals surface area contributed by atoms with Crippen LogP contribution in [-0.2, 0) is 0 Å². The molecule has 1 aromatic rings. The molecule has 0 aromatic heterocycles. The fourth-order valence-electron chi connectivity index (χ4n) is 2.50. The summed E-state index contributed by atoms with van der Waals surface area (Å²) in [6.45, 7) is 6.76. The maximum absolute atomic E-state index is 6.07. The van der Waals surface area contributed by atoms with Gasteiger partial charge in [-0.05, 0) is 37.0 Å². The van der Waals surface area contributed by atoms with Gasteiger partial charge in [0.05, 0.1) is 0 Å². The van der Waals surface area contributed by atoms with Crippen LogP contribution in [0.3, 0.4) is 0 Å². The van der Waals surface area contributed by atoms with E-state index in [1.54, 1.807) is 0 Å². The minimum Gasteiger partial charge on any atom is -0.327 e. The van der Waals surface area contributed by atoms with Crippen molar-refractivity contribution in [3.63, 3.8) is 0 Å². The highest BCUT2D eigenvalue weighted by molar-refractivity contribution is 9.10. The summed E-state index contributed by atoms with van der Waals surface area (Å²) in [4.78, 5) is 2.54. The molecule has 0 bridgehead atoms. The summed E-state index contributed by atoms with van der Waals surface area (Å²) >= 11 is 3.48. The molecule has 0 aliphatic carbocycles. The second-order valence-corrected chi connectivity index (χ2v) is 6.07. The molecule has 2 nitrogen and oxygen atoms in total. The molecule has 17 heavy (non-hydrogen) atoms. The van der Waals surface area contributed by atoms with Gasteiger partial charge in [-0.3, -0.25) is 4.90 Å². The molecule has 1 heterocycles. The summed E-state index contributed by atoms with van der Waals surface area (Å²) in [6, 6.07) is 9.50. The quantitative estimate of drug-likeness (QED) is 0.908. The first-order chi connectivity index (χ1) is 8.08. The van der Waals surface area contributed by atoms with Crippen LogP contribution in [0.5, 0.6) is 0 Å². The van der Waals surface area contributed by atoms with E-state index >= 15 is 0 Å². The Bertz CT molecular complexity index is 363. The second kappa shape index (κ2) is 5.51. The van der Waals surface area contributed by atoms with Gasteiger partial charge >= 0.3 is 0 Å². The predicted molar refractivity (Wildman–Crippen MR) is 75.9 cm³/mol. The summed E-state index contributed by atoms with van der Waals surface area (Å²) in [5, 5.41) is 0. The van der Waals surface area contributed by atoms with Crippen LogP contribution in [0.1, 0.15) is 31.9 Å². The molecule has 1 aliphatic heterocycles. The maximum atomic E-state index is 6.07. The van der Waals surface area contributed by atoms with E-state index in [1.165, 1.54) is 5.56 Å². The third kappa shape index (κ3) is 3.09. The van der Waals surface area contributed by atoms with Crippen LogP contribution in [0.4, 0.5) is 0 Å². The molecule has 0 radical (unpaired) electrons. The Kier molecular flexibility index (Phi) is 4.23. The van der Waals surface area contributed by atoms with E-state index in [0.29, 0.717) is 18.0 Å². The number of hydrogen-bond acceptors (Lipinski definition) is 2. The topological polar surface area (TPSA) is 29.3 Å². The van der Waals surface area contributed by atoms with Crippen molar-refractivity contribution in [1.82, 2.24) is 4.90 Å². The van der Waals surface area contributed by atoms with Crippen molar-refractivity contribution in [3.05, 3.63) is 34.3 Å². The van der Waals surface area contributed by atoms with Crippen molar-refractivity contribution in [2.45, 2.75) is 32.4 Å². The Morgan fingerprint density at radius 3 is 2.59 bits per heavy atom. The summed E-state index contributed by atoms with van der Waals surface area (Å²) < 4.78 is 1.14. The van der Waals surface area contributed by atoms with Crippen molar-refractivity contribution >= 4 is 15.9 Å². The number of nitrogens with two attached hydrogens (primary N) is 1. The first-order valence-corrected chi connectivity index (χ1v) is 7.12. The zero-order chi connectivity index (χ0) is 12.4. The largest absolute Gasteiger partial charge is 0.327 e. The first-order valence-electron chi connectivity index (χ1n) is 6.33. The average molecular weight is 297 g/mol. The number of halogens is 1. The van der Waals surface area contributed by atoms with Gasteiger partial charge in [0.1, 0.15) is 0 Å². The molecular formula is C14H21BrN2. The van der Waals surface area contributed by atoms with Crippen LogP contribution in [0, 0.1) is 5.92 Å². The molecule has 2 rings (SSSR count). The predicted octanol–water partition coefficient (Wildman–Crippen LogP) is 3.18. The lowest BCUT2D eigenvalue weighted by Crippen LogP contribution is -2.46. The number of rotatable bonds is 2. The molecule has 0 spiro atoms. The number of hydrogen-bond donors (Lipinski definition) is 1. The lowest BCUT2D eigenvalue weighted by atomic mass is 9.93. The number of nitrogens with zero attached hydrogens (tertiary/aromatic N) is 1. The Balaban J connectivity index is 2.05. The molecule has 1 aliphatic rings. The van der Waals surface area contributed by atoms with E-state index in [4.69, 9.17) is 5.73 Å². The van der Waals surface area contributed by atoms with Crippen molar-refractivity contribution in [2.24, 2.45) is 11.7 Å². The Hall–Kier alpha value is -0.380. The van der Waals surface area contributed by atoms with E-state index < -0.39 is 0 Å². The van der Waals surface area contributed by atoms with Crippen molar-refractivity contribution < 1.29 is 0 Å². The van der Waals surface area contributed by atoms with Crippen molar-refractivity contribution in [3.8, 4) is 0 Å². The van der Waals surface area contributed by atoms with Gasteiger partial charge in [0, 0.05) is 29.6 Å². The van der Waals surface area contributed by atoms with Crippen LogP contribution in [0.15, 0.2) is 28.7 Å². The SMILES string of the molecule is CC1CN(C(C)c2ccc(Br)cc2)CCC1N. The fourth-order valence-corrected chi connectivity index (χ4v) is 2.76. The molecule has 0 amide bonds. The minimum atomic E-state index is 0.378. The van der Waals surface area contributed by atoms with Gasteiger partial charge in [-0.25, -0.2) is 0 Å². The highest BCUT2D eigenvalue weighted by Crippen LogP contribution is 2.26. The zero-order valence-electron chi connectivity index (χ0n) is 10.6. The van der Waals surface area contributed by atoms with Crippen LogP contribution in [-0.4, -0.2) is 24.0 Å². The van der Waals surface area contributed by atoms with Gasteiger partial charge in [0.25, 0.3) is 0 Å². The highest BCUT2D eigenvalue weighted by Gasteiger charge is 2.26. The molecule has 1 fully saturated rings. The fraction of sp³-hybridized carbons (Fsp3) is 0.571. The van der Waals surface area contributed by atoms with Gasteiger partial charge < -0.3 is 5.73 Å². The van der Waals surface area contributed by atoms with Crippen molar-refractivity contribution in [2.75, 3.05) is 13.1 Å². The van der Waals surface area contributed by atoms with E-state index in [1.807, 2.05) is 0 Å². The molecule has 1 saturated heterocycles. The van der Waals surface area contributed by atoms with Gasteiger partial charge in [0.15, 0.2) is 0 Å². The van der Waals surface area contributed by atoms with Gasteiger partial charge in [-0.2, -0.15) is 0 Å². The molecule has 1 aromatic carbocycles. The normalized spacial score (nSPS) is 28.0. The third-order valence-corrected chi connectivity index (χ3v) is 4.43. The van der Waals surface area contributed by atoms with Crippen LogP contribution < -0.4 is 5.73 Å². The molecule has 3 heteroatoms. The average Bonchev–Trinajstić information content (AvgIpc) is 2.33. The van der Waals surface area contributed by atoms with E-state index in [-0.39, 0.29) is 0 Å². The Morgan fingerprint density at radius 1 is 1.35 bits per heavy atom. The van der Waals surface area contributed by atoms with E-state index in [9.17, 15) is 0 Å². The summed E-state index contributed by atoms with van der Waals surface area (Å²) in [5.41, 5.74) is 7.45.